The van der Waals surface area contributed by atoms with E-state index in [-0.39, 0.29) is 17.6 Å². The number of hydrogen-bond donors (Lipinski definition) is 2. The zero-order valence-corrected chi connectivity index (χ0v) is 13.0. The summed E-state index contributed by atoms with van der Waals surface area (Å²) in [5, 5.41) is 3.34. The molecule has 1 fully saturated rings. The van der Waals surface area contributed by atoms with Gasteiger partial charge < -0.3 is 20.5 Å². The van der Waals surface area contributed by atoms with E-state index in [0.29, 0.717) is 23.7 Å². The number of rotatable bonds is 5. The first-order valence-corrected chi connectivity index (χ1v) is 7.12. The molecular formula is C15H23N3O3. The molecule has 21 heavy (non-hydrogen) atoms. The highest BCUT2D eigenvalue weighted by Crippen LogP contribution is 2.43. The van der Waals surface area contributed by atoms with Crippen molar-refractivity contribution in [2.24, 2.45) is 5.41 Å². The number of pyridine rings is 1. The van der Waals surface area contributed by atoms with Gasteiger partial charge in [-0.3, -0.25) is 0 Å². The molecule has 1 aromatic rings. The summed E-state index contributed by atoms with van der Waals surface area (Å²) >= 11 is 0. The quantitative estimate of drug-likeness (QED) is 0.808. The number of ether oxygens (including phenoxy) is 2. The summed E-state index contributed by atoms with van der Waals surface area (Å²) in [5.41, 5.74) is 6.46. The molecule has 1 heterocycles. The molecule has 2 unspecified atom stereocenters. The number of nitrogens with zero attached hydrogens (tertiary/aromatic N) is 1. The normalized spacial score (nSPS) is 23.2. The monoisotopic (exact) mass is 293 g/mol. The number of nitrogens with two attached hydrogens (primary N) is 1. The first-order valence-electron chi connectivity index (χ1n) is 7.12. The molecular weight excluding hydrogens is 270 g/mol. The van der Waals surface area contributed by atoms with Crippen LogP contribution in [-0.4, -0.2) is 36.8 Å². The van der Waals surface area contributed by atoms with Crippen LogP contribution in [0, 0.1) is 5.41 Å². The van der Waals surface area contributed by atoms with Crippen molar-refractivity contribution in [2.45, 2.75) is 39.3 Å². The Morgan fingerprint density at radius 3 is 2.86 bits per heavy atom. The largest absolute Gasteiger partial charge is 0.462 e. The average Bonchev–Trinajstić information content (AvgIpc) is 2.44. The fourth-order valence-corrected chi connectivity index (χ4v) is 2.64. The maximum absolute atomic E-state index is 11.8. The van der Waals surface area contributed by atoms with Gasteiger partial charge in [-0.15, -0.1) is 0 Å². The topological polar surface area (TPSA) is 86.5 Å². The smallest absolute Gasteiger partial charge is 0.340 e. The van der Waals surface area contributed by atoms with Crippen LogP contribution in [0.2, 0.25) is 0 Å². The Labute approximate surface area is 125 Å². The fraction of sp³-hybridized carbons (Fsp3) is 0.600. The molecule has 2 atom stereocenters. The van der Waals surface area contributed by atoms with Crippen molar-refractivity contribution in [1.82, 2.24) is 4.98 Å². The number of nitrogens with one attached hydrogen (secondary N) is 1. The third-order valence-electron chi connectivity index (χ3n) is 4.21. The van der Waals surface area contributed by atoms with Gasteiger partial charge in [-0.05, 0) is 19.4 Å². The second-order valence-electron chi connectivity index (χ2n) is 5.86. The molecule has 0 amide bonds. The van der Waals surface area contributed by atoms with Crippen molar-refractivity contribution >= 4 is 17.5 Å². The third kappa shape index (κ3) is 2.95. The van der Waals surface area contributed by atoms with Gasteiger partial charge in [0.15, 0.2) is 0 Å². The van der Waals surface area contributed by atoms with Gasteiger partial charge in [-0.25, -0.2) is 9.78 Å². The highest BCUT2D eigenvalue weighted by Gasteiger charge is 2.48. The molecule has 6 heteroatoms. The summed E-state index contributed by atoms with van der Waals surface area (Å²) in [5.74, 6) is 0.197. The lowest BCUT2D eigenvalue weighted by atomic mass is 9.64. The van der Waals surface area contributed by atoms with Crippen LogP contribution in [0.1, 0.15) is 37.6 Å². The second kappa shape index (κ2) is 5.89. The molecule has 116 valence electrons. The van der Waals surface area contributed by atoms with Gasteiger partial charge in [0.1, 0.15) is 5.82 Å². The molecule has 0 aromatic carbocycles. The molecule has 0 saturated heterocycles. The van der Waals surface area contributed by atoms with Crippen molar-refractivity contribution in [1.29, 1.82) is 0 Å². The first kappa shape index (κ1) is 15.6. The van der Waals surface area contributed by atoms with Crippen LogP contribution in [0.5, 0.6) is 0 Å². The Morgan fingerprint density at radius 1 is 1.57 bits per heavy atom. The Bertz CT molecular complexity index is 531. The SMILES string of the molecule is CCOC(=O)c1cc(NC2CC(OC)C2(C)C)ncc1N. The Hall–Kier alpha value is -1.82. The summed E-state index contributed by atoms with van der Waals surface area (Å²) in [7, 11) is 1.73. The molecule has 2 rings (SSSR count). The van der Waals surface area contributed by atoms with E-state index in [1.807, 2.05) is 0 Å². The Kier molecular flexibility index (Phi) is 4.37. The van der Waals surface area contributed by atoms with Crippen LogP contribution in [0.3, 0.4) is 0 Å². The lowest BCUT2D eigenvalue weighted by molar-refractivity contribution is -0.0795. The molecule has 3 N–H and O–H groups in total. The number of aromatic nitrogens is 1. The van der Waals surface area contributed by atoms with Crippen LogP contribution in [0.4, 0.5) is 11.5 Å². The maximum atomic E-state index is 11.8. The highest BCUT2D eigenvalue weighted by atomic mass is 16.5. The predicted molar refractivity (Wildman–Crippen MR) is 81.2 cm³/mol. The van der Waals surface area contributed by atoms with Gasteiger partial charge in [0.05, 0.1) is 30.2 Å². The molecule has 1 aliphatic rings. The second-order valence-corrected chi connectivity index (χ2v) is 5.86. The van der Waals surface area contributed by atoms with Gasteiger partial charge in [0, 0.05) is 18.6 Å². The van der Waals surface area contributed by atoms with Crippen molar-refractivity contribution in [2.75, 3.05) is 24.8 Å². The van der Waals surface area contributed by atoms with Crippen LogP contribution in [0.15, 0.2) is 12.3 Å². The highest BCUT2D eigenvalue weighted by molar-refractivity contribution is 5.95. The van der Waals surface area contributed by atoms with Crippen LogP contribution in [0.25, 0.3) is 0 Å². The van der Waals surface area contributed by atoms with E-state index >= 15 is 0 Å². The standard InChI is InChI=1S/C15H23N3O3/c1-5-21-14(19)9-6-13(17-8-10(9)16)18-11-7-12(20-4)15(11,2)3/h6,8,11-12H,5,7,16H2,1-4H3,(H,17,18). The Morgan fingerprint density at radius 2 is 2.29 bits per heavy atom. The zero-order valence-electron chi connectivity index (χ0n) is 13.0. The molecule has 1 aliphatic carbocycles. The number of anilines is 2. The number of hydrogen-bond acceptors (Lipinski definition) is 6. The summed E-state index contributed by atoms with van der Waals surface area (Å²) < 4.78 is 10.4. The number of carbonyl (C=O) groups is 1. The number of esters is 1. The molecule has 6 nitrogen and oxygen atoms in total. The van der Waals surface area contributed by atoms with Gasteiger partial charge in [-0.2, -0.15) is 0 Å². The van der Waals surface area contributed by atoms with E-state index in [9.17, 15) is 4.79 Å². The van der Waals surface area contributed by atoms with Crippen molar-refractivity contribution < 1.29 is 14.3 Å². The number of nitrogen functional groups attached to an aromatic ring is 1. The summed E-state index contributed by atoms with van der Waals surface area (Å²) in [6.07, 6.45) is 2.62. The van der Waals surface area contributed by atoms with E-state index in [1.165, 1.54) is 6.20 Å². The number of carbonyl (C=O) groups excluding carboxylic acids is 1. The molecule has 0 aliphatic heterocycles. The van der Waals surface area contributed by atoms with Gasteiger partial charge in [0.2, 0.25) is 0 Å². The average molecular weight is 293 g/mol. The van der Waals surface area contributed by atoms with Crippen LogP contribution >= 0.6 is 0 Å². The molecule has 0 radical (unpaired) electrons. The van der Waals surface area contributed by atoms with Gasteiger partial charge >= 0.3 is 5.97 Å². The lowest BCUT2D eigenvalue weighted by Crippen LogP contribution is -2.57. The van der Waals surface area contributed by atoms with E-state index in [1.54, 1.807) is 20.1 Å². The van der Waals surface area contributed by atoms with Crippen LogP contribution < -0.4 is 11.1 Å². The minimum Gasteiger partial charge on any atom is -0.462 e. The van der Waals surface area contributed by atoms with E-state index in [4.69, 9.17) is 15.2 Å². The molecule has 0 bridgehead atoms. The van der Waals surface area contributed by atoms with Crippen LogP contribution in [-0.2, 0) is 9.47 Å². The van der Waals surface area contributed by atoms with Crippen molar-refractivity contribution in [3.8, 4) is 0 Å². The zero-order chi connectivity index (χ0) is 15.6. The summed E-state index contributed by atoms with van der Waals surface area (Å²) in [6.45, 7) is 6.36. The first-order chi connectivity index (χ1) is 9.90. The minimum atomic E-state index is -0.428. The fourth-order valence-electron chi connectivity index (χ4n) is 2.64. The van der Waals surface area contributed by atoms with E-state index in [0.717, 1.165) is 6.42 Å². The van der Waals surface area contributed by atoms with E-state index < -0.39 is 5.97 Å². The molecule has 0 spiro atoms. The number of methoxy groups -OCH3 is 1. The predicted octanol–water partition coefficient (Wildman–Crippen LogP) is 2.07. The van der Waals surface area contributed by atoms with E-state index in [2.05, 4.69) is 24.1 Å². The summed E-state index contributed by atoms with van der Waals surface area (Å²) in [4.78, 5) is 16.1. The lowest BCUT2D eigenvalue weighted by Gasteiger charge is -2.51. The molecule has 1 saturated carbocycles. The Balaban J connectivity index is 2.12. The maximum Gasteiger partial charge on any atom is 0.340 e. The van der Waals surface area contributed by atoms with Crippen molar-refractivity contribution in [3.63, 3.8) is 0 Å². The van der Waals surface area contributed by atoms with Gasteiger partial charge in [-0.1, -0.05) is 13.8 Å². The molecule has 1 aromatic heterocycles. The van der Waals surface area contributed by atoms with Gasteiger partial charge in [0.25, 0.3) is 0 Å². The minimum absolute atomic E-state index is 0.0158. The summed E-state index contributed by atoms with van der Waals surface area (Å²) in [6, 6.07) is 1.89. The van der Waals surface area contributed by atoms with Crippen molar-refractivity contribution in [3.05, 3.63) is 17.8 Å². The third-order valence-corrected chi connectivity index (χ3v) is 4.21.